The van der Waals surface area contributed by atoms with Gasteiger partial charge in [-0.3, -0.25) is 10.1 Å². The third kappa shape index (κ3) is 2.79. The van der Waals surface area contributed by atoms with Crippen LogP contribution >= 0.6 is 33.3 Å². The quantitative estimate of drug-likeness (QED) is 0.351. The Balaban J connectivity index is 3.58. The second-order valence-electron chi connectivity index (χ2n) is 2.76. The van der Waals surface area contributed by atoms with Crippen LogP contribution in [0, 0.1) is 20.6 Å². The molecular weight excluding hydrogens is 357 g/mol. The van der Waals surface area contributed by atoms with Gasteiger partial charge in [0.05, 0.1) is 4.92 Å². The van der Waals surface area contributed by atoms with Crippen LogP contribution < -0.4 is 0 Å². The summed E-state index contributed by atoms with van der Waals surface area (Å²) in [6, 6.07) is 2.38. The van der Waals surface area contributed by atoms with E-state index < -0.39 is 14.0 Å². The van der Waals surface area contributed by atoms with E-state index in [1.54, 1.807) is 22.6 Å². The first-order valence-corrected chi connectivity index (χ1v) is 7.01. The summed E-state index contributed by atoms with van der Waals surface area (Å²) in [4.78, 5) is 9.70. The predicted octanol–water partition coefficient (Wildman–Crippen LogP) is 2.44. The van der Waals surface area contributed by atoms with Gasteiger partial charge >= 0.3 is 0 Å². The fraction of sp³-hybridized carbons (Fsp3) is 0.143. The molecule has 0 unspecified atom stereocenters. The predicted molar refractivity (Wildman–Crippen MR) is 63.6 cm³/mol. The minimum Gasteiger partial charge on any atom is -0.258 e. The van der Waals surface area contributed by atoms with Crippen molar-refractivity contribution in [3.05, 3.63) is 31.4 Å². The van der Waals surface area contributed by atoms with Crippen molar-refractivity contribution in [2.45, 2.75) is 11.8 Å². The third-order valence-electron chi connectivity index (χ3n) is 1.71. The molecule has 0 amide bonds. The van der Waals surface area contributed by atoms with Crippen molar-refractivity contribution in [1.29, 1.82) is 0 Å². The topological polar surface area (TPSA) is 77.3 Å². The molecule has 0 heterocycles. The second-order valence-corrected chi connectivity index (χ2v) is 6.46. The summed E-state index contributed by atoms with van der Waals surface area (Å²) >= 11 is 1.77. The number of nitrogens with zero attached hydrogens (tertiary/aromatic N) is 1. The zero-order valence-corrected chi connectivity index (χ0v) is 11.1. The lowest BCUT2D eigenvalue weighted by Gasteiger charge is -2.02. The Morgan fingerprint density at radius 1 is 1.47 bits per heavy atom. The molecule has 0 saturated heterocycles. The Morgan fingerprint density at radius 3 is 2.40 bits per heavy atom. The standard InChI is InChI=1S/C7H5ClINO4S/c1-4-2-5(9)7(15(8,13)14)3-6(4)10(11)12/h2-3H,1H3. The lowest BCUT2D eigenvalue weighted by molar-refractivity contribution is -0.385. The van der Waals surface area contributed by atoms with E-state index in [0.717, 1.165) is 6.07 Å². The van der Waals surface area contributed by atoms with Crippen molar-refractivity contribution in [1.82, 2.24) is 0 Å². The number of nitro groups is 1. The molecule has 0 aromatic heterocycles. The maximum atomic E-state index is 11.1. The molecule has 0 aliphatic carbocycles. The van der Waals surface area contributed by atoms with Gasteiger partial charge in [-0.1, -0.05) is 0 Å². The van der Waals surface area contributed by atoms with Crippen LogP contribution in [0.3, 0.4) is 0 Å². The van der Waals surface area contributed by atoms with Gasteiger partial charge in [0.15, 0.2) is 0 Å². The molecule has 0 aliphatic heterocycles. The van der Waals surface area contributed by atoms with E-state index in [1.807, 2.05) is 0 Å². The highest BCUT2D eigenvalue weighted by atomic mass is 127. The average molecular weight is 362 g/mol. The highest BCUT2D eigenvalue weighted by Gasteiger charge is 2.21. The van der Waals surface area contributed by atoms with Crippen molar-refractivity contribution in [2.75, 3.05) is 0 Å². The minimum absolute atomic E-state index is 0.234. The van der Waals surface area contributed by atoms with Crippen LogP contribution in [0.4, 0.5) is 5.69 Å². The van der Waals surface area contributed by atoms with E-state index in [2.05, 4.69) is 0 Å². The van der Waals surface area contributed by atoms with Gasteiger partial charge in [-0.25, -0.2) is 8.42 Å². The Morgan fingerprint density at radius 2 is 2.00 bits per heavy atom. The van der Waals surface area contributed by atoms with E-state index in [4.69, 9.17) is 10.7 Å². The van der Waals surface area contributed by atoms with Crippen LogP contribution in [-0.2, 0) is 9.05 Å². The molecule has 0 saturated carbocycles. The molecule has 1 rings (SSSR count). The Bertz CT molecular complexity index is 528. The van der Waals surface area contributed by atoms with Crippen LogP contribution in [0.2, 0.25) is 0 Å². The SMILES string of the molecule is Cc1cc(I)c(S(=O)(=O)Cl)cc1[N+](=O)[O-]. The van der Waals surface area contributed by atoms with E-state index in [9.17, 15) is 18.5 Å². The first-order chi connectivity index (χ1) is 6.73. The van der Waals surface area contributed by atoms with Crippen LogP contribution in [0.25, 0.3) is 0 Å². The van der Waals surface area contributed by atoms with E-state index >= 15 is 0 Å². The van der Waals surface area contributed by atoms with Gasteiger partial charge < -0.3 is 0 Å². The summed E-state index contributed by atoms with van der Waals surface area (Å²) in [6.07, 6.45) is 0. The maximum absolute atomic E-state index is 11.1. The number of aryl methyl sites for hydroxylation is 1. The molecule has 1 aromatic carbocycles. The average Bonchev–Trinajstić information content (AvgIpc) is 2.00. The first kappa shape index (κ1) is 12.7. The summed E-state index contributed by atoms with van der Waals surface area (Å²) in [5.41, 5.74) is 0.142. The van der Waals surface area contributed by atoms with Gasteiger partial charge in [0.2, 0.25) is 0 Å². The van der Waals surface area contributed by atoms with Crippen molar-refractivity contribution >= 4 is 48.0 Å². The number of halogens is 2. The maximum Gasteiger partial charge on any atom is 0.273 e. The molecule has 1 aromatic rings. The van der Waals surface area contributed by atoms with Crippen molar-refractivity contribution in [3.8, 4) is 0 Å². The molecule has 0 atom stereocenters. The van der Waals surface area contributed by atoms with E-state index in [-0.39, 0.29) is 10.6 Å². The van der Waals surface area contributed by atoms with Gasteiger partial charge in [-0.05, 0) is 35.6 Å². The molecule has 0 aliphatic rings. The van der Waals surface area contributed by atoms with E-state index in [1.165, 1.54) is 13.0 Å². The van der Waals surface area contributed by atoms with Crippen LogP contribution in [-0.4, -0.2) is 13.3 Å². The molecule has 15 heavy (non-hydrogen) atoms. The summed E-state index contributed by atoms with van der Waals surface area (Å²) in [5.74, 6) is 0. The lowest BCUT2D eigenvalue weighted by Crippen LogP contribution is -1.99. The second kappa shape index (κ2) is 4.22. The normalized spacial score (nSPS) is 11.4. The highest BCUT2D eigenvalue weighted by Crippen LogP contribution is 2.29. The molecule has 8 heteroatoms. The van der Waals surface area contributed by atoms with Crippen molar-refractivity contribution in [3.63, 3.8) is 0 Å². The third-order valence-corrected chi connectivity index (χ3v) is 4.33. The first-order valence-electron chi connectivity index (χ1n) is 3.62. The Hall–Kier alpha value is -0.410. The van der Waals surface area contributed by atoms with Crippen LogP contribution in [0.5, 0.6) is 0 Å². The molecule has 0 fully saturated rings. The fourth-order valence-corrected chi connectivity index (χ4v) is 3.84. The highest BCUT2D eigenvalue weighted by molar-refractivity contribution is 14.1. The van der Waals surface area contributed by atoms with Crippen LogP contribution in [0.1, 0.15) is 5.56 Å². The molecule has 82 valence electrons. The van der Waals surface area contributed by atoms with Gasteiger partial charge in [-0.2, -0.15) is 0 Å². The zero-order chi connectivity index (χ0) is 11.8. The van der Waals surface area contributed by atoms with Gasteiger partial charge in [-0.15, -0.1) is 0 Å². The van der Waals surface area contributed by atoms with Gasteiger partial charge in [0.25, 0.3) is 14.7 Å². The summed E-state index contributed by atoms with van der Waals surface area (Å²) in [7, 11) is 1.19. The van der Waals surface area contributed by atoms with Crippen LogP contribution in [0.15, 0.2) is 17.0 Å². The minimum atomic E-state index is -3.95. The number of rotatable bonds is 2. The molecule has 5 nitrogen and oxygen atoms in total. The molecular formula is C7H5ClINO4S. The summed E-state index contributed by atoms with van der Waals surface area (Å²) < 4.78 is 22.5. The number of nitro benzene ring substituents is 1. The van der Waals surface area contributed by atoms with E-state index in [0.29, 0.717) is 9.13 Å². The van der Waals surface area contributed by atoms with Crippen molar-refractivity contribution in [2.24, 2.45) is 0 Å². The molecule has 0 bridgehead atoms. The smallest absolute Gasteiger partial charge is 0.258 e. The molecule has 0 radical (unpaired) electrons. The van der Waals surface area contributed by atoms with Crippen molar-refractivity contribution < 1.29 is 13.3 Å². The molecule has 0 spiro atoms. The number of hydrogen-bond acceptors (Lipinski definition) is 4. The number of hydrogen-bond donors (Lipinski definition) is 0. The largest absolute Gasteiger partial charge is 0.273 e. The fourth-order valence-electron chi connectivity index (χ4n) is 1.03. The monoisotopic (exact) mass is 361 g/mol. The Kier molecular flexibility index (Phi) is 3.56. The Labute approximate surface area is 104 Å². The summed E-state index contributed by atoms with van der Waals surface area (Å²) in [5, 5.41) is 10.6. The van der Waals surface area contributed by atoms with Gasteiger partial charge in [0, 0.05) is 25.9 Å². The molecule has 0 N–H and O–H groups in total. The number of benzene rings is 1. The lowest BCUT2D eigenvalue weighted by atomic mass is 10.2. The summed E-state index contributed by atoms with van der Waals surface area (Å²) in [6.45, 7) is 1.53. The van der Waals surface area contributed by atoms with Gasteiger partial charge in [0.1, 0.15) is 4.90 Å². The zero-order valence-electron chi connectivity index (χ0n) is 7.40.